The number of aliphatic hydroxyl groups is 1. The molecule has 0 bridgehead atoms. The number of piperidine rings is 4. The third-order valence-corrected chi connectivity index (χ3v) is 17.6. The van der Waals surface area contributed by atoms with E-state index in [1.807, 2.05) is 0 Å². The fraction of sp³-hybridized carbons (Fsp3) is 0.776. The van der Waals surface area contributed by atoms with E-state index in [2.05, 4.69) is 160 Å². The minimum atomic E-state index is -1.26. The van der Waals surface area contributed by atoms with Gasteiger partial charge >= 0.3 is 17.9 Å². The molecule has 0 amide bonds. The topological polar surface area (TPSA) is 156 Å². The summed E-state index contributed by atoms with van der Waals surface area (Å²) < 4.78 is 26.0. The fourth-order valence-electron chi connectivity index (χ4n) is 13.0. The zero-order chi connectivity index (χ0) is 52.5. The van der Waals surface area contributed by atoms with Gasteiger partial charge in [0.2, 0.25) is 6.29 Å². The first-order valence-corrected chi connectivity index (χ1v) is 26.7. The van der Waals surface area contributed by atoms with Crippen LogP contribution in [0.5, 0.6) is 23.0 Å². The van der Waals surface area contributed by atoms with Gasteiger partial charge in [-0.05, 0) is 182 Å². The zero-order valence-corrected chi connectivity index (χ0v) is 47.0. The van der Waals surface area contributed by atoms with Crippen molar-refractivity contribution in [2.24, 2.45) is 47.3 Å². The molecule has 9 unspecified atom stereocenters. The molecule has 70 heavy (non-hydrogen) atoms. The number of fused-ring (bicyclic) bond motifs is 1. The van der Waals surface area contributed by atoms with E-state index in [9.17, 15) is 19.5 Å². The van der Waals surface area contributed by atoms with E-state index < -0.39 is 30.0 Å². The van der Waals surface area contributed by atoms with Crippen molar-refractivity contribution >= 4 is 28.7 Å². The Labute approximate surface area is 422 Å². The first-order valence-electron chi connectivity index (χ1n) is 26.7. The average molecular weight is 975 g/mol. The van der Waals surface area contributed by atoms with Crippen LogP contribution in [0.15, 0.2) is 24.3 Å². The maximum atomic E-state index is 14.7. The summed E-state index contributed by atoms with van der Waals surface area (Å²) in [7, 11) is 0. The van der Waals surface area contributed by atoms with Crippen LogP contribution in [-0.2, 0) is 14.4 Å². The number of nitrogens with one attached hydrogen (secondary N) is 4. The van der Waals surface area contributed by atoms with Crippen LogP contribution in [0.2, 0.25) is 0 Å². The van der Waals surface area contributed by atoms with Gasteiger partial charge in [-0.3, -0.25) is 14.4 Å². The Hall–Kier alpha value is -3.29. The van der Waals surface area contributed by atoms with E-state index in [0.29, 0.717) is 62.1 Å². The molecule has 12 heteroatoms. The van der Waals surface area contributed by atoms with Gasteiger partial charge in [0.15, 0.2) is 11.5 Å². The van der Waals surface area contributed by atoms with E-state index in [0.717, 1.165) is 0 Å². The number of benzene rings is 2. The predicted octanol–water partition coefficient (Wildman–Crippen LogP) is 11.0. The molecule has 4 heterocycles. The van der Waals surface area contributed by atoms with Gasteiger partial charge in [0.05, 0.1) is 17.8 Å². The zero-order valence-electron chi connectivity index (χ0n) is 47.0. The summed E-state index contributed by atoms with van der Waals surface area (Å²) in [4.78, 5) is 43.7. The van der Waals surface area contributed by atoms with Crippen LogP contribution in [0.4, 0.5) is 0 Å². The number of aliphatic hydroxyl groups excluding tert-OH is 1. The molecule has 0 saturated carbocycles. The molecule has 4 aliphatic heterocycles. The quantitative estimate of drug-likeness (QED) is 0.0737. The van der Waals surface area contributed by atoms with Gasteiger partial charge in [-0.25, -0.2) is 0 Å². The highest BCUT2D eigenvalue weighted by Crippen LogP contribution is 2.46. The Morgan fingerprint density at radius 3 is 1.21 bits per heavy atom. The summed E-state index contributed by atoms with van der Waals surface area (Å²) in [5.41, 5.74) is -2.50. The molecule has 0 aromatic heterocycles. The number of carbonyl (C=O) groups is 3. The molecule has 9 atom stereocenters. The molecule has 4 fully saturated rings. The number of ether oxygens (including phenoxy) is 4. The lowest BCUT2D eigenvalue weighted by Crippen LogP contribution is -2.63. The molecule has 0 radical (unpaired) electrons. The number of rotatable bonds is 13. The largest absolute Gasteiger partial charge is 0.461 e. The fourth-order valence-corrected chi connectivity index (χ4v) is 13.0. The molecule has 394 valence electrons. The molecular formula is C58H94N4O8. The molecule has 12 nitrogen and oxygen atoms in total. The predicted molar refractivity (Wildman–Crippen MR) is 280 cm³/mol. The summed E-state index contributed by atoms with van der Waals surface area (Å²) in [6.45, 7) is 43.1. The summed E-state index contributed by atoms with van der Waals surface area (Å²) in [6.07, 6.45) is 3.48. The van der Waals surface area contributed by atoms with E-state index in [4.69, 9.17) is 18.9 Å². The highest BCUT2D eigenvalue weighted by Gasteiger charge is 2.49. The van der Waals surface area contributed by atoms with Gasteiger partial charge < -0.3 is 45.3 Å². The molecule has 0 aliphatic carbocycles. The number of hydrogen-bond donors (Lipinski definition) is 5. The Bertz CT molecular complexity index is 2270. The monoisotopic (exact) mass is 975 g/mol. The number of hydrogen-bond acceptors (Lipinski definition) is 12. The molecule has 4 saturated heterocycles. The lowest BCUT2D eigenvalue weighted by molar-refractivity contribution is -0.143. The van der Waals surface area contributed by atoms with Crippen LogP contribution in [0.25, 0.3) is 10.8 Å². The maximum Gasteiger partial charge on any atom is 0.314 e. The van der Waals surface area contributed by atoms with Crippen LogP contribution < -0.4 is 40.2 Å². The lowest BCUT2D eigenvalue weighted by atomic mass is 9.70. The maximum absolute atomic E-state index is 14.7. The van der Waals surface area contributed by atoms with Crippen LogP contribution in [0, 0.1) is 47.3 Å². The third kappa shape index (κ3) is 12.5. The van der Waals surface area contributed by atoms with Gasteiger partial charge in [0.1, 0.15) is 11.5 Å². The first kappa shape index (κ1) is 56.0. The van der Waals surface area contributed by atoms with Gasteiger partial charge in [0, 0.05) is 61.7 Å². The van der Waals surface area contributed by atoms with E-state index in [-0.39, 0.29) is 109 Å². The normalized spacial score (nSPS) is 33.3. The molecule has 5 N–H and O–H groups in total. The van der Waals surface area contributed by atoms with Crippen molar-refractivity contribution < 1.29 is 38.4 Å². The van der Waals surface area contributed by atoms with Crippen molar-refractivity contribution in [3.63, 3.8) is 0 Å². The lowest BCUT2D eigenvalue weighted by Gasteiger charge is -2.51. The Morgan fingerprint density at radius 2 is 0.814 bits per heavy atom. The van der Waals surface area contributed by atoms with Crippen molar-refractivity contribution in [1.82, 2.24) is 21.3 Å². The molecule has 4 aliphatic rings. The first-order chi connectivity index (χ1) is 31.9. The van der Waals surface area contributed by atoms with Gasteiger partial charge in [0.25, 0.3) is 0 Å². The highest BCUT2D eigenvalue weighted by molar-refractivity contribution is 5.95. The average Bonchev–Trinajstić information content (AvgIpc) is 3.18. The van der Waals surface area contributed by atoms with Crippen molar-refractivity contribution in [2.75, 3.05) is 0 Å². The highest BCUT2D eigenvalue weighted by atomic mass is 16.6. The smallest absolute Gasteiger partial charge is 0.314 e. The van der Waals surface area contributed by atoms with Crippen LogP contribution >= 0.6 is 0 Å². The van der Waals surface area contributed by atoms with Gasteiger partial charge in [-0.2, -0.15) is 0 Å². The molecule has 6 rings (SSSR count). The van der Waals surface area contributed by atoms with E-state index in [1.54, 1.807) is 24.3 Å². The van der Waals surface area contributed by atoms with Gasteiger partial charge in [-0.1, -0.05) is 55.4 Å². The summed E-state index contributed by atoms with van der Waals surface area (Å²) in [5.74, 6) is -0.972. The second kappa shape index (κ2) is 19.5. The van der Waals surface area contributed by atoms with Gasteiger partial charge in [-0.15, -0.1) is 0 Å². The minimum Gasteiger partial charge on any atom is -0.461 e. The number of carbonyl (C=O) groups excluding carboxylic acids is 3. The van der Waals surface area contributed by atoms with Crippen LogP contribution in [0.1, 0.15) is 190 Å². The standard InChI is InChI=1S/C58H94N4O8/c1-33(2)55(17)29-38(25-51(9,10)59-55)47(63)67-42-21-37-22-45(69-49(65)40-27-53(13,14)61-57(19,31-40)35(5)6)46(70-50(66)41-28-54(15,16)62-58(20,32-41)36(7)8)24-43(37)44(23-42)68-48(64)39-26-52(11,12)60-56(18,30-39)34(3)4/h21-24,33-36,38-41,50,59-62,66H,25-32H2,1-20H3. The molecular weight excluding hydrogens is 881 g/mol. The van der Waals surface area contributed by atoms with E-state index >= 15 is 0 Å². The summed E-state index contributed by atoms with van der Waals surface area (Å²) in [5, 5.41) is 28.4. The summed E-state index contributed by atoms with van der Waals surface area (Å²) in [6, 6.07) is 6.78. The Balaban J connectivity index is 1.48. The van der Waals surface area contributed by atoms with Crippen molar-refractivity contribution in [2.45, 2.75) is 240 Å². The number of esters is 3. The van der Waals surface area contributed by atoms with Crippen molar-refractivity contribution in [1.29, 1.82) is 0 Å². The molecule has 2 aromatic carbocycles. The molecule has 2 aromatic rings. The third-order valence-electron chi connectivity index (χ3n) is 17.6. The van der Waals surface area contributed by atoms with Crippen molar-refractivity contribution in [3.05, 3.63) is 24.3 Å². The van der Waals surface area contributed by atoms with Crippen LogP contribution in [0.3, 0.4) is 0 Å². The summed E-state index contributed by atoms with van der Waals surface area (Å²) >= 11 is 0. The minimum absolute atomic E-state index is 0.125. The van der Waals surface area contributed by atoms with Crippen LogP contribution in [-0.4, -0.2) is 73.6 Å². The Kier molecular flexibility index (Phi) is 15.6. The van der Waals surface area contributed by atoms with E-state index in [1.165, 1.54) is 0 Å². The Morgan fingerprint density at radius 1 is 0.457 bits per heavy atom. The second-order valence-electron chi connectivity index (χ2n) is 27.5. The molecule has 0 spiro atoms. The SMILES string of the molecule is CC(C)C1(C)CC(C(=O)Oc2cc(OC(=O)C3CC(C)(C)NC(C)(C(C)C)C3)c3cc(OC(O)C4CC(C)(C)NC(C)(C(C)C)C4)c(OC(=O)C4CC(C)(C)NC(C)(C(C)C)C4)cc3c2)CC(C)(C)N1. The second-order valence-corrected chi connectivity index (χ2v) is 27.5. The van der Waals surface area contributed by atoms with Crippen molar-refractivity contribution in [3.8, 4) is 23.0 Å².